The van der Waals surface area contributed by atoms with Crippen molar-refractivity contribution in [1.82, 2.24) is 0 Å². The summed E-state index contributed by atoms with van der Waals surface area (Å²) >= 11 is 0. The third-order valence-corrected chi connectivity index (χ3v) is 2.77. The van der Waals surface area contributed by atoms with Gasteiger partial charge in [0.2, 0.25) is 5.82 Å². The van der Waals surface area contributed by atoms with Crippen LogP contribution >= 0.6 is 0 Å². The van der Waals surface area contributed by atoms with Crippen LogP contribution in [0.15, 0.2) is 0 Å². The van der Waals surface area contributed by atoms with Gasteiger partial charge in [-0.1, -0.05) is 6.92 Å². The number of benzene rings is 1. The largest absolute Gasteiger partial charge is 0.394 e. The Labute approximate surface area is 100 Å². The standard InChI is InChI=1S/C11H12F5NO/c1-3-11(2,4-18)17-10-8(15)6(13)5(12)7(14)9(10)16/h17-18H,3-4H2,1-2H3. The van der Waals surface area contributed by atoms with Crippen LogP contribution in [0.2, 0.25) is 0 Å². The Morgan fingerprint density at radius 3 is 1.67 bits per heavy atom. The molecule has 0 saturated heterocycles. The fraction of sp³-hybridized carbons (Fsp3) is 0.455. The number of rotatable bonds is 4. The summed E-state index contributed by atoms with van der Waals surface area (Å²) in [7, 11) is 0. The number of nitrogens with one attached hydrogen (secondary N) is 1. The lowest BCUT2D eigenvalue weighted by molar-refractivity contribution is 0.217. The summed E-state index contributed by atoms with van der Waals surface area (Å²) in [6, 6.07) is 0. The second kappa shape index (κ2) is 5.09. The molecule has 0 amide bonds. The fourth-order valence-electron chi connectivity index (χ4n) is 1.26. The Balaban J connectivity index is 3.34. The van der Waals surface area contributed by atoms with Crippen molar-refractivity contribution < 1.29 is 27.1 Å². The lowest BCUT2D eigenvalue weighted by Crippen LogP contribution is -2.39. The van der Waals surface area contributed by atoms with Crippen molar-refractivity contribution >= 4 is 5.69 Å². The van der Waals surface area contributed by atoms with Gasteiger partial charge in [0, 0.05) is 0 Å². The van der Waals surface area contributed by atoms with E-state index >= 15 is 0 Å². The molecule has 0 spiro atoms. The summed E-state index contributed by atoms with van der Waals surface area (Å²) < 4.78 is 65.3. The van der Waals surface area contributed by atoms with E-state index in [2.05, 4.69) is 5.32 Å². The second-order valence-electron chi connectivity index (χ2n) is 4.14. The molecule has 18 heavy (non-hydrogen) atoms. The van der Waals surface area contributed by atoms with Crippen molar-refractivity contribution in [2.24, 2.45) is 0 Å². The number of hydrogen-bond acceptors (Lipinski definition) is 2. The van der Waals surface area contributed by atoms with E-state index in [9.17, 15) is 22.0 Å². The van der Waals surface area contributed by atoms with Gasteiger partial charge >= 0.3 is 0 Å². The average molecular weight is 269 g/mol. The topological polar surface area (TPSA) is 32.3 Å². The molecule has 1 unspecified atom stereocenters. The predicted molar refractivity (Wildman–Crippen MR) is 55.6 cm³/mol. The van der Waals surface area contributed by atoms with Crippen molar-refractivity contribution in [2.75, 3.05) is 11.9 Å². The summed E-state index contributed by atoms with van der Waals surface area (Å²) in [6.07, 6.45) is 0.225. The molecule has 0 fully saturated rings. The number of anilines is 1. The minimum Gasteiger partial charge on any atom is -0.394 e. The molecule has 2 N–H and O–H groups in total. The molecule has 2 nitrogen and oxygen atoms in total. The SMILES string of the molecule is CCC(C)(CO)Nc1c(F)c(F)c(F)c(F)c1F. The van der Waals surface area contributed by atoms with Crippen LogP contribution in [0.4, 0.5) is 27.6 Å². The first-order valence-corrected chi connectivity index (χ1v) is 5.18. The van der Waals surface area contributed by atoms with Crippen LogP contribution < -0.4 is 5.32 Å². The minimum atomic E-state index is -2.21. The van der Waals surface area contributed by atoms with Crippen molar-refractivity contribution in [2.45, 2.75) is 25.8 Å². The van der Waals surface area contributed by atoms with Crippen LogP contribution in [0, 0.1) is 29.1 Å². The monoisotopic (exact) mass is 269 g/mol. The van der Waals surface area contributed by atoms with Gasteiger partial charge in [0.05, 0.1) is 12.1 Å². The molecule has 0 aliphatic carbocycles. The van der Waals surface area contributed by atoms with E-state index in [1.807, 2.05) is 0 Å². The van der Waals surface area contributed by atoms with Crippen LogP contribution in [0.25, 0.3) is 0 Å². The molecule has 1 aromatic carbocycles. The Morgan fingerprint density at radius 1 is 0.944 bits per heavy atom. The quantitative estimate of drug-likeness (QED) is 0.500. The van der Waals surface area contributed by atoms with E-state index in [1.54, 1.807) is 6.92 Å². The lowest BCUT2D eigenvalue weighted by atomic mass is 9.99. The molecule has 1 aromatic rings. The molecule has 0 aromatic heterocycles. The van der Waals surface area contributed by atoms with Crippen molar-refractivity contribution in [3.05, 3.63) is 29.1 Å². The molecule has 7 heteroatoms. The normalized spacial score (nSPS) is 14.4. The average Bonchev–Trinajstić information content (AvgIpc) is 2.39. The zero-order chi connectivity index (χ0) is 14.1. The predicted octanol–water partition coefficient (Wildman–Crippen LogP) is 2.96. The van der Waals surface area contributed by atoms with E-state index in [-0.39, 0.29) is 6.42 Å². The number of halogens is 5. The smallest absolute Gasteiger partial charge is 0.200 e. The highest BCUT2D eigenvalue weighted by Crippen LogP contribution is 2.29. The minimum absolute atomic E-state index is 0.225. The van der Waals surface area contributed by atoms with Crippen molar-refractivity contribution in [3.63, 3.8) is 0 Å². The second-order valence-corrected chi connectivity index (χ2v) is 4.14. The first-order valence-electron chi connectivity index (χ1n) is 5.18. The van der Waals surface area contributed by atoms with Gasteiger partial charge in [0.25, 0.3) is 0 Å². The maximum atomic E-state index is 13.3. The van der Waals surface area contributed by atoms with Gasteiger partial charge in [-0.05, 0) is 13.3 Å². The molecule has 1 rings (SSSR count). The Kier molecular flexibility index (Phi) is 4.16. The summed E-state index contributed by atoms with van der Waals surface area (Å²) in [5.41, 5.74) is -2.32. The summed E-state index contributed by atoms with van der Waals surface area (Å²) in [5, 5.41) is 11.2. The molecule has 1 atom stereocenters. The zero-order valence-electron chi connectivity index (χ0n) is 9.75. The van der Waals surface area contributed by atoms with Crippen LogP contribution in [0.5, 0.6) is 0 Å². The summed E-state index contributed by atoms with van der Waals surface area (Å²) in [6.45, 7) is 2.46. The molecule has 0 aliphatic heterocycles. The Bertz CT molecular complexity index is 430. The molecule has 0 aliphatic rings. The van der Waals surface area contributed by atoms with E-state index in [0.717, 1.165) is 0 Å². The van der Waals surface area contributed by atoms with Gasteiger partial charge < -0.3 is 10.4 Å². The van der Waals surface area contributed by atoms with Crippen LogP contribution in [-0.4, -0.2) is 17.3 Å². The van der Waals surface area contributed by atoms with Crippen LogP contribution in [0.3, 0.4) is 0 Å². The molecular formula is C11H12F5NO. The van der Waals surface area contributed by atoms with E-state index in [4.69, 9.17) is 5.11 Å². The van der Waals surface area contributed by atoms with Gasteiger partial charge in [0.15, 0.2) is 23.3 Å². The van der Waals surface area contributed by atoms with Crippen molar-refractivity contribution in [3.8, 4) is 0 Å². The summed E-state index contributed by atoms with van der Waals surface area (Å²) in [4.78, 5) is 0. The number of aliphatic hydroxyl groups excluding tert-OH is 1. The first kappa shape index (κ1) is 14.7. The molecule has 0 heterocycles. The van der Waals surface area contributed by atoms with Gasteiger partial charge in [-0.15, -0.1) is 0 Å². The van der Waals surface area contributed by atoms with E-state index in [0.29, 0.717) is 0 Å². The van der Waals surface area contributed by atoms with Gasteiger partial charge in [-0.25, -0.2) is 22.0 Å². The fourth-order valence-corrected chi connectivity index (χ4v) is 1.26. The van der Waals surface area contributed by atoms with E-state index < -0.39 is 46.9 Å². The Morgan fingerprint density at radius 2 is 1.33 bits per heavy atom. The molecule has 102 valence electrons. The zero-order valence-corrected chi connectivity index (χ0v) is 9.75. The van der Waals surface area contributed by atoms with Crippen LogP contribution in [-0.2, 0) is 0 Å². The Hall–Kier alpha value is -1.37. The highest BCUT2D eigenvalue weighted by atomic mass is 19.2. The van der Waals surface area contributed by atoms with Gasteiger partial charge in [-0.2, -0.15) is 0 Å². The maximum Gasteiger partial charge on any atom is 0.200 e. The first-order chi connectivity index (χ1) is 8.27. The maximum absolute atomic E-state index is 13.3. The lowest BCUT2D eigenvalue weighted by Gasteiger charge is -2.29. The third kappa shape index (κ3) is 2.40. The third-order valence-electron chi connectivity index (χ3n) is 2.77. The molecule has 0 bridgehead atoms. The van der Waals surface area contributed by atoms with E-state index in [1.165, 1.54) is 6.92 Å². The molecular weight excluding hydrogens is 257 g/mol. The van der Waals surface area contributed by atoms with Gasteiger partial charge in [0.1, 0.15) is 5.69 Å². The highest BCUT2D eigenvalue weighted by molar-refractivity contribution is 5.49. The van der Waals surface area contributed by atoms with Crippen molar-refractivity contribution in [1.29, 1.82) is 0 Å². The number of aliphatic hydroxyl groups is 1. The molecule has 0 saturated carbocycles. The highest BCUT2D eigenvalue weighted by Gasteiger charge is 2.30. The molecule has 0 radical (unpaired) electrons. The summed E-state index contributed by atoms with van der Waals surface area (Å²) in [5.74, 6) is -10.1. The van der Waals surface area contributed by atoms with Crippen LogP contribution in [0.1, 0.15) is 20.3 Å². The van der Waals surface area contributed by atoms with Gasteiger partial charge in [-0.3, -0.25) is 0 Å². The number of hydrogen-bond donors (Lipinski definition) is 2.